The summed E-state index contributed by atoms with van der Waals surface area (Å²) in [6.45, 7) is 5.19. The summed E-state index contributed by atoms with van der Waals surface area (Å²) in [6, 6.07) is 7.78. The van der Waals surface area contributed by atoms with Gasteiger partial charge in [-0.05, 0) is 43.2 Å². The molecule has 3 unspecified atom stereocenters. The summed E-state index contributed by atoms with van der Waals surface area (Å²) in [5, 5.41) is 0.971. The van der Waals surface area contributed by atoms with Gasteiger partial charge < -0.3 is 23.9 Å². The normalized spacial score (nSPS) is 23.0. The molecular formula is C23H26N2O5. The van der Waals surface area contributed by atoms with E-state index in [4.69, 9.17) is 19.2 Å². The van der Waals surface area contributed by atoms with Gasteiger partial charge in [0.05, 0.1) is 42.6 Å². The highest BCUT2D eigenvalue weighted by Gasteiger charge is 2.40. The number of carbonyl (C=O) groups is 2. The second-order valence-corrected chi connectivity index (χ2v) is 7.58. The third kappa shape index (κ3) is 3.54. The van der Waals surface area contributed by atoms with E-state index in [1.165, 1.54) is 6.26 Å². The van der Waals surface area contributed by atoms with Gasteiger partial charge in [-0.15, -0.1) is 0 Å². The van der Waals surface area contributed by atoms with Crippen molar-refractivity contribution in [3.8, 4) is 5.75 Å². The summed E-state index contributed by atoms with van der Waals surface area (Å²) in [4.78, 5) is 31.6. The molecule has 2 aliphatic rings. The number of amides is 1. The molecule has 1 aromatic heterocycles. The van der Waals surface area contributed by atoms with Gasteiger partial charge in [-0.25, -0.2) is 0 Å². The molecule has 7 nitrogen and oxygen atoms in total. The van der Waals surface area contributed by atoms with E-state index in [0.717, 1.165) is 34.2 Å². The van der Waals surface area contributed by atoms with Crippen LogP contribution in [0.2, 0.25) is 0 Å². The Hall–Kier alpha value is -2.93. The summed E-state index contributed by atoms with van der Waals surface area (Å²) >= 11 is 0. The van der Waals surface area contributed by atoms with Gasteiger partial charge in [-0.3, -0.25) is 9.78 Å². The molecule has 0 radical (unpaired) electrons. The summed E-state index contributed by atoms with van der Waals surface area (Å²) in [7, 11) is 1.63. The van der Waals surface area contributed by atoms with Crippen LogP contribution in [0, 0.1) is 11.8 Å². The topological polar surface area (TPSA) is 78.0 Å². The van der Waals surface area contributed by atoms with Crippen LogP contribution in [-0.2, 0) is 32.2 Å². The first kappa shape index (κ1) is 20.3. The molecule has 30 heavy (non-hydrogen) atoms. The van der Waals surface area contributed by atoms with Gasteiger partial charge in [0.1, 0.15) is 12.0 Å². The summed E-state index contributed by atoms with van der Waals surface area (Å²) in [6.07, 6.45) is 2.41. The Morgan fingerprint density at radius 2 is 2.13 bits per heavy atom. The number of ether oxygens (including phenoxy) is 3. The number of hydrogen-bond donors (Lipinski definition) is 0. The number of fused-ring (bicyclic) bond motifs is 2. The number of rotatable bonds is 6. The maximum absolute atomic E-state index is 13.3. The van der Waals surface area contributed by atoms with E-state index in [1.54, 1.807) is 12.0 Å². The molecule has 0 bridgehead atoms. The van der Waals surface area contributed by atoms with Gasteiger partial charge in [0, 0.05) is 24.5 Å². The van der Waals surface area contributed by atoms with Gasteiger partial charge in [0.15, 0.2) is 0 Å². The minimum Gasteiger partial charge on any atom is -0.497 e. The van der Waals surface area contributed by atoms with Crippen LogP contribution < -0.4 is 4.74 Å². The van der Waals surface area contributed by atoms with Gasteiger partial charge in [-0.2, -0.15) is 0 Å². The largest absolute Gasteiger partial charge is 0.497 e. The number of carbonyl (C=O) groups excluding carboxylic acids is 2. The average Bonchev–Trinajstić information content (AvgIpc) is 3.19. The lowest BCUT2D eigenvalue weighted by Crippen LogP contribution is -2.41. The monoisotopic (exact) mass is 410 g/mol. The predicted molar refractivity (Wildman–Crippen MR) is 110 cm³/mol. The highest BCUT2D eigenvalue weighted by molar-refractivity contribution is 5.97. The molecule has 7 heteroatoms. The average molecular weight is 410 g/mol. The second kappa shape index (κ2) is 8.44. The molecule has 1 aromatic carbocycles. The van der Waals surface area contributed by atoms with E-state index in [1.807, 2.05) is 32.0 Å². The molecule has 0 saturated heterocycles. The lowest BCUT2D eigenvalue weighted by atomic mass is 9.83. The van der Waals surface area contributed by atoms with E-state index in [-0.39, 0.29) is 11.8 Å². The number of benzene rings is 1. The van der Waals surface area contributed by atoms with Crippen LogP contribution in [0.3, 0.4) is 0 Å². The van der Waals surface area contributed by atoms with Crippen molar-refractivity contribution in [3.63, 3.8) is 0 Å². The molecule has 0 N–H and O–H groups in total. The Kier molecular flexibility index (Phi) is 5.72. The molecule has 0 spiro atoms. The highest BCUT2D eigenvalue weighted by Crippen LogP contribution is 2.35. The molecule has 4 rings (SSSR count). The Balaban J connectivity index is 1.58. The minimum absolute atomic E-state index is 0.190. The fraction of sp³-hybridized carbons (Fsp3) is 0.435. The van der Waals surface area contributed by atoms with Crippen LogP contribution in [0.5, 0.6) is 5.75 Å². The van der Waals surface area contributed by atoms with E-state index < -0.39 is 12.2 Å². The van der Waals surface area contributed by atoms with Crippen LogP contribution in [0.4, 0.5) is 0 Å². The first-order valence-corrected chi connectivity index (χ1v) is 10.3. The van der Waals surface area contributed by atoms with Crippen molar-refractivity contribution in [2.24, 2.45) is 11.8 Å². The van der Waals surface area contributed by atoms with Crippen LogP contribution in [0.1, 0.15) is 31.5 Å². The quantitative estimate of drug-likeness (QED) is 0.681. The molecule has 0 aliphatic carbocycles. The number of nitrogens with zero attached hydrogens (tertiary/aromatic N) is 2. The molecule has 1 amide bonds. The number of pyridine rings is 1. The summed E-state index contributed by atoms with van der Waals surface area (Å²) in [5.74, 6) is -0.166. The van der Waals surface area contributed by atoms with Crippen molar-refractivity contribution in [1.29, 1.82) is 0 Å². The fourth-order valence-corrected chi connectivity index (χ4v) is 4.27. The summed E-state index contributed by atoms with van der Waals surface area (Å²) in [5.41, 5.74) is 3.12. The number of aldehydes is 1. The SMILES string of the molecule is CCOC1OC=C(C(=O)N2Cc3cc4cc(OC)ccc4nc3C2)C(C=O)C1CC. The lowest BCUT2D eigenvalue weighted by Gasteiger charge is -2.35. The smallest absolute Gasteiger partial charge is 0.254 e. The standard InChI is InChI=1S/C23H26N2O5/c1-4-17-18(12-26)19(13-30-23(17)29-5-2)22(27)25-10-15-8-14-9-16(28-3)6-7-20(14)24-21(15)11-25/h6-9,12-13,17-18,23H,4-5,10-11H2,1-3H3. The van der Waals surface area contributed by atoms with Crippen molar-refractivity contribution < 1.29 is 23.8 Å². The molecule has 3 atom stereocenters. The van der Waals surface area contributed by atoms with Gasteiger partial charge in [-0.1, -0.05) is 6.92 Å². The van der Waals surface area contributed by atoms with E-state index >= 15 is 0 Å². The number of methoxy groups -OCH3 is 1. The maximum Gasteiger partial charge on any atom is 0.254 e. The minimum atomic E-state index is -0.548. The molecule has 0 fully saturated rings. The maximum atomic E-state index is 13.3. The van der Waals surface area contributed by atoms with E-state index in [2.05, 4.69) is 6.07 Å². The Bertz CT molecular complexity index is 1000. The van der Waals surface area contributed by atoms with E-state index in [9.17, 15) is 9.59 Å². The second-order valence-electron chi connectivity index (χ2n) is 7.58. The predicted octanol–water partition coefficient (Wildman–Crippen LogP) is 3.20. The van der Waals surface area contributed by atoms with Crippen molar-refractivity contribution >= 4 is 23.1 Å². The Labute approximate surface area is 175 Å². The zero-order valence-corrected chi connectivity index (χ0v) is 17.5. The fourth-order valence-electron chi connectivity index (χ4n) is 4.27. The Morgan fingerprint density at radius 3 is 2.83 bits per heavy atom. The molecule has 0 saturated carbocycles. The van der Waals surface area contributed by atoms with Crippen molar-refractivity contribution in [3.05, 3.63) is 47.4 Å². The molecular weight excluding hydrogens is 384 g/mol. The van der Waals surface area contributed by atoms with E-state index in [0.29, 0.717) is 31.7 Å². The first-order valence-electron chi connectivity index (χ1n) is 10.3. The summed E-state index contributed by atoms with van der Waals surface area (Å²) < 4.78 is 16.6. The van der Waals surface area contributed by atoms with Crippen molar-refractivity contribution in [1.82, 2.24) is 9.88 Å². The van der Waals surface area contributed by atoms with Crippen molar-refractivity contribution in [2.75, 3.05) is 13.7 Å². The van der Waals surface area contributed by atoms with Gasteiger partial charge in [0.25, 0.3) is 5.91 Å². The first-order chi connectivity index (χ1) is 14.6. The third-order valence-electron chi connectivity index (χ3n) is 5.87. The van der Waals surface area contributed by atoms with Gasteiger partial charge >= 0.3 is 0 Å². The van der Waals surface area contributed by atoms with Crippen LogP contribution in [-0.4, -0.2) is 42.1 Å². The molecule has 158 valence electrons. The zero-order chi connectivity index (χ0) is 21.3. The number of aromatic nitrogens is 1. The van der Waals surface area contributed by atoms with Crippen LogP contribution >= 0.6 is 0 Å². The molecule has 3 heterocycles. The van der Waals surface area contributed by atoms with Crippen LogP contribution in [0.15, 0.2) is 36.1 Å². The van der Waals surface area contributed by atoms with Crippen molar-refractivity contribution in [2.45, 2.75) is 39.6 Å². The third-order valence-corrected chi connectivity index (χ3v) is 5.87. The zero-order valence-electron chi connectivity index (χ0n) is 17.5. The Morgan fingerprint density at radius 1 is 1.30 bits per heavy atom. The number of hydrogen-bond acceptors (Lipinski definition) is 6. The van der Waals surface area contributed by atoms with Gasteiger partial charge in [0.2, 0.25) is 6.29 Å². The molecule has 2 aromatic rings. The molecule has 2 aliphatic heterocycles. The van der Waals surface area contributed by atoms with Crippen LogP contribution in [0.25, 0.3) is 10.9 Å². The highest BCUT2D eigenvalue weighted by atomic mass is 16.7. The lowest BCUT2D eigenvalue weighted by molar-refractivity contribution is -0.162.